The molecule has 1 N–H and O–H groups in total. The van der Waals surface area contributed by atoms with Crippen LogP contribution in [0.15, 0.2) is 40.3 Å². The van der Waals surface area contributed by atoms with Crippen LogP contribution in [0.3, 0.4) is 0 Å². The zero-order valence-electron chi connectivity index (χ0n) is 13.4. The van der Waals surface area contributed by atoms with Gasteiger partial charge in [-0.3, -0.25) is 9.59 Å². The van der Waals surface area contributed by atoms with Crippen LogP contribution in [-0.4, -0.2) is 26.4 Å². The number of carbonyl (C=O) groups is 1. The van der Waals surface area contributed by atoms with Crippen molar-refractivity contribution >= 4 is 39.4 Å². The Morgan fingerprint density at radius 3 is 2.84 bits per heavy atom. The highest BCUT2D eigenvalue weighted by atomic mass is 32.2. The van der Waals surface area contributed by atoms with Gasteiger partial charge in [0.1, 0.15) is 10.3 Å². The van der Waals surface area contributed by atoms with Crippen LogP contribution < -0.4 is 5.43 Å². The normalized spacial score (nSPS) is 13.3. The van der Waals surface area contributed by atoms with E-state index < -0.39 is 5.97 Å². The minimum Gasteiger partial charge on any atom is -0.481 e. The molecular formula is C18H16N2O3S2. The molecule has 0 spiro atoms. The third-order valence-corrected chi connectivity index (χ3v) is 6.54. The average molecular weight is 372 g/mol. The SMILES string of the molecule is O=C(O)CSc1nc2c(=O)c3c(sc2n1Cc1ccccc1)CCC3. The second-order valence-electron chi connectivity index (χ2n) is 5.99. The number of hydrogen-bond donors (Lipinski definition) is 1. The van der Waals surface area contributed by atoms with Crippen molar-refractivity contribution in [1.82, 2.24) is 9.55 Å². The molecule has 0 amide bonds. The van der Waals surface area contributed by atoms with Gasteiger partial charge in [0.15, 0.2) is 5.16 Å². The summed E-state index contributed by atoms with van der Waals surface area (Å²) in [5.74, 6) is -0.965. The minimum atomic E-state index is -0.892. The van der Waals surface area contributed by atoms with Crippen molar-refractivity contribution in [1.29, 1.82) is 0 Å². The van der Waals surface area contributed by atoms with Crippen LogP contribution in [0.2, 0.25) is 0 Å². The highest BCUT2D eigenvalue weighted by Gasteiger charge is 2.23. The zero-order valence-corrected chi connectivity index (χ0v) is 15.0. The van der Waals surface area contributed by atoms with Crippen molar-refractivity contribution in [3.63, 3.8) is 0 Å². The molecule has 0 saturated heterocycles. The molecule has 0 fully saturated rings. The van der Waals surface area contributed by atoms with E-state index in [-0.39, 0.29) is 11.2 Å². The van der Waals surface area contributed by atoms with Crippen LogP contribution in [0.1, 0.15) is 22.4 Å². The molecule has 0 unspecified atom stereocenters. The number of carboxylic acid groups (broad SMARTS) is 1. The highest BCUT2D eigenvalue weighted by molar-refractivity contribution is 7.99. The summed E-state index contributed by atoms with van der Waals surface area (Å²) in [6.07, 6.45) is 2.79. The summed E-state index contributed by atoms with van der Waals surface area (Å²) in [5.41, 5.74) is 2.50. The van der Waals surface area contributed by atoms with Crippen LogP contribution in [0.5, 0.6) is 0 Å². The van der Waals surface area contributed by atoms with E-state index in [0.29, 0.717) is 17.2 Å². The van der Waals surface area contributed by atoms with Gasteiger partial charge < -0.3 is 9.67 Å². The van der Waals surface area contributed by atoms with Gasteiger partial charge in [-0.1, -0.05) is 42.1 Å². The van der Waals surface area contributed by atoms with Crippen LogP contribution in [0.25, 0.3) is 10.3 Å². The van der Waals surface area contributed by atoms with Crippen molar-refractivity contribution in [2.45, 2.75) is 31.0 Å². The van der Waals surface area contributed by atoms with Gasteiger partial charge in [0, 0.05) is 10.4 Å². The molecule has 7 heteroatoms. The molecule has 0 saturated carbocycles. The lowest BCUT2D eigenvalue weighted by Gasteiger charge is -2.08. The first-order valence-corrected chi connectivity index (χ1v) is 9.87. The number of benzene rings is 1. The number of rotatable bonds is 5. The lowest BCUT2D eigenvalue weighted by Crippen LogP contribution is -2.08. The molecule has 25 heavy (non-hydrogen) atoms. The third-order valence-electron chi connectivity index (χ3n) is 4.27. The summed E-state index contributed by atoms with van der Waals surface area (Å²) < 4.78 is 1.99. The van der Waals surface area contributed by atoms with Gasteiger partial charge in [-0.15, -0.1) is 11.3 Å². The Balaban J connectivity index is 1.86. The van der Waals surface area contributed by atoms with Crippen molar-refractivity contribution in [2.75, 3.05) is 5.75 Å². The number of hydrogen-bond acceptors (Lipinski definition) is 5. The van der Waals surface area contributed by atoms with E-state index >= 15 is 0 Å². The summed E-state index contributed by atoms with van der Waals surface area (Å²) in [5, 5.41) is 9.60. The predicted octanol–water partition coefficient (Wildman–Crippen LogP) is 3.17. The second-order valence-corrected chi connectivity index (χ2v) is 8.01. The number of imidazole rings is 1. The standard InChI is InChI=1S/C18H16N2O3S2/c21-14(22)10-24-18-19-15-16(23)12-7-4-8-13(12)25-17(15)20(18)9-11-5-2-1-3-6-11/h1-3,5-6H,4,7-10H2,(H,21,22). The summed E-state index contributed by atoms with van der Waals surface area (Å²) in [6.45, 7) is 0.577. The first-order valence-electron chi connectivity index (χ1n) is 8.07. The van der Waals surface area contributed by atoms with Crippen LogP contribution >= 0.6 is 23.1 Å². The fraction of sp³-hybridized carbons (Fsp3) is 0.278. The first kappa shape index (κ1) is 16.4. The monoisotopic (exact) mass is 372 g/mol. The largest absolute Gasteiger partial charge is 0.481 e. The molecule has 3 aromatic rings. The molecule has 128 valence electrons. The maximum Gasteiger partial charge on any atom is 0.313 e. The Morgan fingerprint density at radius 1 is 1.28 bits per heavy atom. The van der Waals surface area contributed by atoms with Crippen molar-refractivity contribution in [2.24, 2.45) is 0 Å². The molecule has 2 heterocycles. The number of aliphatic carboxylic acids is 1. The number of nitrogens with zero attached hydrogens (tertiary/aromatic N) is 2. The maximum atomic E-state index is 12.8. The first-order chi connectivity index (χ1) is 12.1. The Kier molecular flexibility index (Phi) is 4.35. The summed E-state index contributed by atoms with van der Waals surface area (Å²) in [4.78, 5) is 30.3. The van der Waals surface area contributed by atoms with Gasteiger partial charge in [0.2, 0.25) is 5.43 Å². The molecule has 1 aromatic carbocycles. The molecule has 1 aliphatic carbocycles. The Morgan fingerprint density at radius 2 is 2.08 bits per heavy atom. The Bertz CT molecular complexity index is 1010. The van der Waals surface area contributed by atoms with Crippen LogP contribution in [0, 0.1) is 0 Å². The van der Waals surface area contributed by atoms with E-state index in [9.17, 15) is 9.59 Å². The summed E-state index contributed by atoms with van der Waals surface area (Å²) >= 11 is 2.80. The molecule has 0 atom stereocenters. The number of carboxylic acids is 1. The van der Waals surface area contributed by atoms with E-state index in [0.717, 1.165) is 40.1 Å². The maximum absolute atomic E-state index is 12.8. The Hall–Kier alpha value is -2.12. The van der Waals surface area contributed by atoms with Crippen LogP contribution in [0.4, 0.5) is 0 Å². The second kappa shape index (κ2) is 6.65. The fourth-order valence-corrected chi connectivity index (χ4v) is 5.21. The number of fused-ring (bicyclic) bond motifs is 2. The molecule has 0 bridgehead atoms. The molecule has 0 radical (unpaired) electrons. The van der Waals surface area contributed by atoms with Gasteiger partial charge in [-0.05, 0) is 24.8 Å². The lowest BCUT2D eigenvalue weighted by molar-refractivity contribution is -0.133. The van der Waals surface area contributed by atoms with Gasteiger partial charge in [0.25, 0.3) is 0 Å². The number of aromatic nitrogens is 2. The average Bonchev–Trinajstić information content (AvgIpc) is 3.20. The summed E-state index contributed by atoms with van der Waals surface area (Å²) in [7, 11) is 0. The zero-order chi connectivity index (χ0) is 17.4. The lowest BCUT2D eigenvalue weighted by atomic mass is 10.2. The fourth-order valence-electron chi connectivity index (χ4n) is 3.14. The van der Waals surface area contributed by atoms with Crippen molar-refractivity contribution < 1.29 is 9.90 Å². The molecule has 0 aliphatic heterocycles. The molecule has 4 rings (SSSR count). The molecule has 5 nitrogen and oxygen atoms in total. The predicted molar refractivity (Wildman–Crippen MR) is 99.8 cm³/mol. The molecule has 2 aromatic heterocycles. The number of aryl methyl sites for hydroxylation is 1. The van der Waals surface area contributed by atoms with E-state index in [1.807, 2.05) is 34.9 Å². The third kappa shape index (κ3) is 3.09. The Labute approximate surface area is 152 Å². The van der Waals surface area contributed by atoms with E-state index in [1.165, 1.54) is 11.8 Å². The van der Waals surface area contributed by atoms with Gasteiger partial charge in [0.05, 0.1) is 12.3 Å². The minimum absolute atomic E-state index is 0.0187. The summed E-state index contributed by atoms with van der Waals surface area (Å²) in [6, 6.07) is 9.94. The van der Waals surface area contributed by atoms with Crippen LogP contribution in [-0.2, 0) is 24.2 Å². The van der Waals surface area contributed by atoms with Gasteiger partial charge in [-0.25, -0.2) is 4.98 Å². The topological polar surface area (TPSA) is 72.2 Å². The smallest absolute Gasteiger partial charge is 0.313 e. The van der Waals surface area contributed by atoms with Gasteiger partial charge in [-0.2, -0.15) is 0 Å². The van der Waals surface area contributed by atoms with E-state index in [2.05, 4.69) is 4.98 Å². The van der Waals surface area contributed by atoms with Crippen molar-refractivity contribution in [3.05, 3.63) is 56.6 Å². The van der Waals surface area contributed by atoms with Gasteiger partial charge >= 0.3 is 5.97 Å². The van der Waals surface area contributed by atoms with E-state index in [1.54, 1.807) is 11.3 Å². The van der Waals surface area contributed by atoms with Crippen molar-refractivity contribution in [3.8, 4) is 0 Å². The molecule has 1 aliphatic rings. The number of thioether (sulfide) groups is 1. The highest BCUT2D eigenvalue weighted by Crippen LogP contribution is 2.32. The van der Waals surface area contributed by atoms with E-state index in [4.69, 9.17) is 5.11 Å². The molecular weight excluding hydrogens is 356 g/mol. The quantitative estimate of drug-likeness (QED) is 0.697.